The summed E-state index contributed by atoms with van der Waals surface area (Å²) in [7, 11) is 0. The van der Waals surface area contributed by atoms with Crippen molar-refractivity contribution in [2.45, 2.75) is 0 Å². The lowest BCUT2D eigenvalue weighted by atomic mass is 10.2. The van der Waals surface area contributed by atoms with Crippen LogP contribution in [0, 0.1) is 0 Å². The van der Waals surface area contributed by atoms with Gasteiger partial charge in [0.15, 0.2) is 0 Å². The normalized spacial score (nSPS) is 14.6. The van der Waals surface area contributed by atoms with Gasteiger partial charge in [-0.1, -0.05) is 5.16 Å². The molecule has 0 aliphatic carbocycles. The summed E-state index contributed by atoms with van der Waals surface area (Å²) >= 11 is 3.27. The molecule has 1 aliphatic rings. The maximum atomic E-state index is 11.7. The van der Waals surface area contributed by atoms with Crippen LogP contribution in [0.5, 0.6) is 0 Å². The molecule has 2 rings (SSSR count). The Bertz CT molecular complexity index is 376. The number of rotatable bonds is 4. The quantitative estimate of drug-likeness (QED) is 0.621. The standard InChI is InChI=1S/C9H10BrFN4O/c10-7-3-12-9(13-4-7)15-5-8(6-15)14-16-2-1-11/h3-4H,1-2,5-6H2. The van der Waals surface area contributed by atoms with Crippen LogP contribution in [-0.2, 0) is 4.84 Å². The first-order valence-corrected chi connectivity index (χ1v) is 5.55. The van der Waals surface area contributed by atoms with Gasteiger partial charge in [-0.3, -0.25) is 0 Å². The van der Waals surface area contributed by atoms with Gasteiger partial charge < -0.3 is 9.74 Å². The number of alkyl halides is 1. The van der Waals surface area contributed by atoms with Crippen molar-refractivity contribution in [1.82, 2.24) is 9.97 Å². The summed E-state index contributed by atoms with van der Waals surface area (Å²) in [5, 5.41) is 3.78. The second-order valence-corrected chi connectivity index (χ2v) is 4.15. The molecule has 1 aromatic rings. The Morgan fingerprint density at radius 3 is 2.75 bits per heavy atom. The van der Waals surface area contributed by atoms with Gasteiger partial charge in [0.1, 0.15) is 13.3 Å². The molecule has 1 aromatic heterocycles. The molecule has 0 saturated carbocycles. The van der Waals surface area contributed by atoms with E-state index in [2.05, 4.69) is 31.1 Å². The molecule has 0 unspecified atom stereocenters. The van der Waals surface area contributed by atoms with Crippen molar-refractivity contribution >= 4 is 27.6 Å². The number of hydrogen-bond acceptors (Lipinski definition) is 5. The Hall–Kier alpha value is -1.24. The van der Waals surface area contributed by atoms with Gasteiger partial charge in [-0.2, -0.15) is 0 Å². The van der Waals surface area contributed by atoms with E-state index in [4.69, 9.17) is 4.84 Å². The molecule has 5 nitrogen and oxygen atoms in total. The topological polar surface area (TPSA) is 50.6 Å². The molecule has 2 heterocycles. The van der Waals surface area contributed by atoms with E-state index in [1.807, 2.05) is 4.90 Å². The van der Waals surface area contributed by atoms with Crippen LogP contribution in [0.4, 0.5) is 10.3 Å². The fraction of sp³-hybridized carbons (Fsp3) is 0.444. The van der Waals surface area contributed by atoms with Gasteiger partial charge in [0, 0.05) is 12.4 Å². The second-order valence-electron chi connectivity index (χ2n) is 3.24. The van der Waals surface area contributed by atoms with Gasteiger partial charge in [0.25, 0.3) is 0 Å². The van der Waals surface area contributed by atoms with Gasteiger partial charge in [0.05, 0.1) is 23.3 Å². The van der Waals surface area contributed by atoms with Crippen LogP contribution >= 0.6 is 15.9 Å². The van der Waals surface area contributed by atoms with Crippen molar-refractivity contribution in [1.29, 1.82) is 0 Å². The van der Waals surface area contributed by atoms with Gasteiger partial charge in [0.2, 0.25) is 5.95 Å². The Balaban J connectivity index is 1.84. The molecule has 0 radical (unpaired) electrons. The summed E-state index contributed by atoms with van der Waals surface area (Å²) in [4.78, 5) is 15.0. The summed E-state index contributed by atoms with van der Waals surface area (Å²) in [5.74, 6) is 0.660. The molecule has 1 aliphatic heterocycles. The highest BCUT2D eigenvalue weighted by Crippen LogP contribution is 2.15. The number of anilines is 1. The molecule has 86 valence electrons. The van der Waals surface area contributed by atoms with E-state index in [1.165, 1.54) is 0 Å². The Morgan fingerprint density at radius 1 is 1.44 bits per heavy atom. The largest absolute Gasteiger partial charge is 0.393 e. The summed E-state index contributed by atoms with van der Waals surface area (Å²) in [5.41, 5.74) is 0.875. The average Bonchev–Trinajstić information content (AvgIpc) is 2.23. The minimum Gasteiger partial charge on any atom is -0.393 e. The molecule has 0 spiro atoms. The van der Waals surface area contributed by atoms with E-state index in [-0.39, 0.29) is 6.61 Å². The van der Waals surface area contributed by atoms with Crippen molar-refractivity contribution in [2.24, 2.45) is 5.16 Å². The van der Waals surface area contributed by atoms with Gasteiger partial charge in [-0.25, -0.2) is 14.4 Å². The van der Waals surface area contributed by atoms with Gasteiger partial charge in [-0.05, 0) is 15.9 Å². The lowest BCUT2D eigenvalue weighted by Gasteiger charge is -2.31. The van der Waals surface area contributed by atoms with Crippen molar-refractivity contribution in [3.63, 3.8) is 0 Å². The van der Waals surface area contributed by atoms with E-state index >= 15 is 0 Å². The van der Waals surface area contributed by atoms with Gasteiger partial charge in [-0.15, -0.1) is 0 Å². The minimum atomic E-state index is -0.518. The van der Waals surface area contributed by atoms with E-state index in [0.717, 1.165) is 10.2 Å². The number of oxime groups is 1. The Labute approximate surface area is 100 Å². The molecule has 0 bridgehead atoms. The summed E-state index contributed by atoms with van der Waals surface area (Å²) in [6, 6.07) is 0. The predicted octanol–water partition coefficient (Wildman–Crippen LogP) is 1.40. The van der Waals surface area contributed by atoms with Crippen molar-refractivity contribution in [3.05, 3.63) is 16.9 Å². The lowest BCUT2D eigenvalue weighted by Crippen LogP contribution is -2.48. The minimum absolute atomic E-state index is 0.0122. The monoisotopic (exact) mass is 288 g/mol. The number of nitrogens with zero attached hydrogens (tertiary/aromatic N) is 4. The highest BCUT2D eigenvalue weighted by atomic mass is 79.9. The smallest absolute Gasteiger partial charge is 0.226 e. The Kier molecular flexibility index (Phi) is 3.66. The van der Waals surface area contributed by atoms with Crippen LogP contribution in [0.15, 0.2) is 22.0 Å². The van der Waals surface area contributed by atoms with Crippen LogP contribution < -0.4 is 4.90 Å². The summed E-state index contributed by atoms with van der Waals surface area (Å²) < 4.78 is 12.6. The van der Waals surface area contributed by atoms with E-state index in [1.54, 1.807) is 12.4 Å². The Morgan fingerprint density at radius 2 is 2.12 bits per heavy atom. The molecule has 16 heavy (non-hydrogen) atoms. The fourth-order valence-electron chi connectivity index (χ4n) is 1.23. The van der Waals surface area contributed by atoms with Gasteiger partial charge >= 0.3 is 0 Å². The third-order valence-electron chi connectivity index (χ3n) is 2.00. The third kappa shape index (κ3) is 2.66. The number of halogens is 2. The first-order chi connectivity index (χ1) is 7.79. The zero-order valence-electron chi connectivity index (χ0n) is 8.44. The SMILES string of the molecule is FCCON=C1CN(c2ncc(Br)cn2)C1. The van der Waals surface area contributed by atoms with Crippen molar-refractivity contribution < 1.29 is 9.23 Å². The lowest BCUT2D eigenvalue weighted by molar-refractivity contribution is 0.126. The van der Waals surface area contributed by atoms with Crippen LogP contribution in [0.1, 0.15) is 0 Å². The summed E-state index contributed by atoms with van der Waals surface area (Å²) in [6.45, 7) is 0.760. The fourth-order valence-corrected chi connectivity index (χ4v) is 1.44. The van der Waals surface area contributed by atoms with Crippen molar-refractivity contribution in [2.75, 3.05) is 31.3 Å². The first-order valence-electron chi connectivity index (χ1n) is 4.76. The average molecular weight is 289 g/mol. The molecule has 7 heteroatoms. The first kappa shape index (κ1) is 11.3. The highest BCUT2D eigenvalue weighted by Gasteiger charge is 2.24. The number of aromatic nitrogens is 2. The molecular weight excluding hydrogens is 279 g/mol. The van der Waals surface area contributed by atoms with E-state index in [9.17, 15) is 4.39 Å². The molecule has 1 saturated heterocycles. The zero-order chi connectivity index (χ0) is 11.4. The maximum absolute atomic E-state index is 11.7. The molecular formula is C9H10BrFN4O. The van der Waals surface area contributed by atoms with Crippen LogP contribution in [0.25, 0.3) is 0 Å². The van der Waals surface area contributed by atoms with Crippen LogP contribution in [0.3, 0.4) is 0 Å². The van der Waals surface area contributed by atoms with Crippen LogP contribution in [-0.4, -0.2) is 42.1 Å². The molecule has 0 N–H and O–H groups in total. The highest BCUT2D eigenvalue weighted by molar-refractivity contribution is 9.10. The zero-order valence-corrected chi connectivity index (χ0v) is 10.0. The molecule has 0 aromatic carbocycles. The maximum Gasteiger partial charge on any atom is 0.226 e. The predicted molar refractivity (Wildman–Crippen MR) is 61.3 cm³/mol. The number of hydrogen-bond donors (Lipinski definition) is 0. The van der Waals surface area contributed by atoms with Crippen molar-refractivity contribution in [3.8, 4) is 0 Å². The summed E-state index contributed by atoms with van der Waals surface area (Å²) in [6.07, 6.45) is 3.38. The molecule has 1 fully saturated rings. The third-order valence-corrected chi connectivity index (χ3v) is 2.41. The molecule has 0 amide bonds. The molecule has 0 atom stereocenters. The van der Waals surface area contributed by atoms with E-state index in [0.29, 0.717) is 19.0 Å². The second kappa shape index (κ2) is 5.20. The van der Waals surface area contributed by atoms with Crippen LogP contribution in [0.2, 0.25) is 0 Å². The van der Waals surface area contributed by atoms with E-state index < -0.39 is 6.67 Å².